The molecule has 0 bridgehead atoms. The lowest BCUT2D eigenvalue weighted by Gasteiger charge is -2.18. The van der Waals surface area contributed by atoms with E-state index in [9.17, 15) is 4.79 Å². The minimum absolute atomic E-state index is 0.251. The van der Waals surface area contributed by atoms with Gasteiger partial charge in [0.2, 0.25) is 5.91 Å². The van der Waals surface area contributed by atoms with Crippen molar-refractivity contribution >= 4 is 34.1 Å². The Morgan fingerprint density at radius 1 is 1.44 bits per heavy atom. The van der Waals surface area contributed by atoms with Crippen LogP contribution in [0.3, 0.4) is 0 Å². The van der Waals surface area contributed by atoms with Crippen molar-refractivity contribution < 1.29 is 4.79 Å². The highest BCUT2D eigenvalue weighted by molar-refractivity contribution is 8.01. The zero-order valence-electron chi connectivity index (χ0n) is 11.2. The van der Waals surface area contributed by atoms with Crippen LogP contribution in [-0.2, 0) is 4.79 Å². The Morgan fingerprint density at radius 2 is 2.11 bits per heavy atom. The van der Waals surface area contributed by atoms with Gasteiger partial charge in [-0.2, -0.15) is 0 Å². The molecule has 0 radical (unpaired) electrons. The first-order valence-corrected chi connectivity index (χ1v) is 8.02. The lowest BCUT2D eigenvalue weighted by molar-refractivity contribution is -0.130. The van der Waals surface area contributed by atoms with Crippen LogP contribution in [0.5, 0.6) is 0 Å². The minimum Gasteiger partial charge on any atom is -0.375 e. The molecule has 1 heterocycles. The van der Waals surface area contributed by atoms with Gasteiger partial charge in [-0.3, -0.25) is 4.79 Å². The molecule has 102 valence electrons. The quantitative estimate of drug-likeness (QED) is 0.619. The highest BCUT2D eigenvalue weighted by Crippen LogP contribution is 2.30. The largest absolute Gasteiger partial charge is 0.375 e. The summed E-state index contributed by atoms with van der Waals surface area (Å²) < 4.78 is 1.17. The van der Waals surface area contributed by atoms with Gasteiger partial charge in [-0.15, -0.1) is 11.8 Å². The molecule has 6 heteroatoms. The molecule has 18 heavy (non-hydrogen) atoms. The molecule has 0 spiro atoms. The third kappa shape index (κ3) is 4.49. The number of nitrogen functional groups attached to an aromatic ring is 1. The molecule has 1 aromatic rings. The predicted molar refractivity (Wildman–Crippen MR) is 79.1 cm³/mol. The van der Waals surface area contributed by atoms with Crippen LogP contribution < -0.4 is 5.73 Å². The first-order valence-electron chi connectivity index (χ1n) is 6.21. The molecule has 0 unspecified atom stereocenters. The Balaban J connectivity index is 2.26. The monoisotopic (exact) mass is 287 g/mol. The number of anilines is 1. The number of hydrogen-bond acceptors (Lipinski definition) is 5. The van der Waals surface area contributed by atoms with Gasteiger partial charge in [0.1, 0.15) is 0 Å². The number of hydrogen-bond donors (Lipinski definition) is 1. The molecule has 0 saturated heterocycles. The van der Waals surface area contributed by atoms with Crippen molar-refractivity contribution in [3.05, 3.63) is 5.69 Å². The van der Waals surface area contributed by atoms with E-state index in [0.717, 1.165) is 31.0 Å². The fraction of sp³-hybridized carbons (Fsp3) is 0.667. The summed E-state index contributed by atoms with van der Waals surface area (Å²) in [5.41, 5.74) is 6.64. The van der Waals surface area contributed by atoms with Gasteiger partial charge in [0.05, 0.1) is 9.90 Å². The van der Waals surface area contributed by atoms with Crippen LogP contribution in [0.15, 0.2) is 4.21 Å². The standard InChI is InChI=1S/C12H21N3OS2/c1-4-15(5-2)10(16)7-6-8-17-11-9(3)14-12(13)18-11/h4-8H2,1-3H3,(H2,13,14). The van der Waals surface area contributed by atoms with Crippen LogP contribution in [0.4, 0.5) is 5.13 Å². The molecule has 0 aromatic carbocycles. The summed E-state index contributed by atoms with van der Waals surface area (Å²) in [5, 5.41) is 0.620. The zero-order chi connectivity index (χ0) is 13.5. The van der Waals surface area contributed by atoms with Gasteiger partial charge in [0.25, 0.3) is 0 Å². The van der Waals surface area contributed by atoms with Crippen LogP contribution >= 0.6 is 23.1 Å². The normalized spacial score (nSPS) is 10.6. The summed E-state index contributed by atoms with van der Waals surface area (Å²) >= 11 is 3.26. The van der Waals surface area contributed by atoms with E-state index in [1.807, 2.05) is 25.7 Å². The van der Waals surface area contributed by atoms with E-state index in [0.29, 0.717) is 11.6 Å². The summed E-state index contributed by atoms with van der Waals surface area (Å²) in [7, 11) is 0. The van der Waals surface area contributed by atoms with E-state index in [1.54, 1.807) is 11.8 Å². The molecule has 1 rings (SSSR count). The van der Waals surface area contributed by atoms with Gasteiger partial charge in [-0.05, 0) is 32.9 Å². The Bertz CT molecular complexity index is 389. The summed E-state index contributed by atoms with van der Waals surface area (Å²) in [4.78, 5) is 17.8. The molecule has 1 amide bonds. The van der Waals surface area contributed by atoms with Gasteiger partial charge in [0.15, 0.2) is 5.13 Å². The molecule has 2 N–H and O–H groups in total. The van der Waals surface area contributed by atoms with Gasteiger partial charge in [-0.1, -0.05) is 11.3 Å². The van der Waals surface area contributed by atoms with Gasteiger partial charge < -0.3 is 10.6 Å². The maximum atomic E-state index is 11.8. The second-order valence-corrected chi connectivity index (χ2v) is 6.34. The Kier molecular flexibility index (Phi) is 6.49. The van der Waals surface area contributed by atoms with Crippen molar-refractivity contribution in [1.82, 2.24) is 9.88 Å². The van der Waals surface area contributed by atoms with Crippen LogP contribution in [0, 0.1) is 6.92 Å². The second-order valence-electron chi connectivity index (χ2n) is 3.94. The van der Waals surface area contributed by atoms with Crippen LogP contribution in [-0.4, -0.2) is 34.6 Å². The fourth-order valence-electron chi connectivity index (χ4n) is 1.66. The number of carbonyl (C=O) groups excluding carboxylic acids is 1. The van der Waals surface area contributed by atoms with E-state index in [1.165, 1.54) is 15.5 Å². The van der Waals surface area contributed by atoms with Crippen LogP contribution in [0.25, 0.3) is 0 Å². The number of nitrogens with zero attached hydrogens (tertiary/aromatic N) is 2. The van der Waals surface area contributed by atoms with Crippen LogP contribution in [0.2, 0.25) is 0 Å². The average Bonchev–Trinajstić information content (AvgIpc) is 2.65. The molecule has 0 aliphatic carbocycles. The highest BCUT2D eigenvalue weighted by atomic mass is 32.2. The smallest absolute Gasteiger partial charge is 0.222 e. The SMILES string of the molecule is CCN(CC)C(=O)CCCSc1sc(N)nc1C. The molecule has 0 atom stereocenters. The third-order valence-corrected chi connectivity index (χ3v) is 5.09. The first-order chi connectivity index (χ1) is 8.58. The number of rotatable bonds is 7. The Labute approximate surface area is 117 Å². The number of thiazole rings is 1. The first kappa shape index (κ1) is 15.3. The summed E-state index contributed by atoms with van der Waals surface area (Å²) in [6.45, 7) is 7.59. The Hall–Kier alpha value is -0.750. The van der Waals surface area contributed by atoms with Crippen molar-refractivity contribution in [3.63, 3.8) is 0 Å². The number of thioether (sulfide) groups is 1. The average molecular weight is 287 g/mol. The fourth-order valence-corrected chi connectivity index (χ4v) is 3.70. The molecule has 0 saturated carbocycles. The topological polar surface area (TPSA) is 59.2 Å². The number of amides is 1. The molecule has 0 fully saturated rings. The van der Waals surface area contributed by atoms with Crippen molar-refractivity contribution in [2.45, 2.75) is 37.8 Å². The molecule has 0 aliphatic rings. The predicted octanol–water partition coefficient (Wildman–Crippen LogP) is 2.77. The van der Waals surface area contributed by atoms with E-state index in [4.69, 9.17) is 5.73 Å². The number of aromatic nitrogens is 1. The van der Waals surface area contributed by atoms with Crippen molar-refractivity contribution in [3.8, 4) is 0 Å². The minimum atomic E-state index is 0.251. The molecule has 0 aliphatic heterocycles. The summed E-state index contributed by atoms with van der Waals surface area (Å²) in [6, 6.07) is 0. The summed E-state index contributed by atoms with van der Waals surface area (Å²) in [5.74, 6) is 1.19. The highest BCUT2D eigenvalue weighted by Gasteiger charge is 2.10. The van der Waals surface area contributed by atoms with E-state index in [2.05, 4.69) is 4.98 Å². The van der Waals surface area contributed by atoms with Crippen molar-refractivity contribution in [2.24, 2.45) is 0 Å². The van der Waals surface area contributed by atoms with Gasteiger partial charge >= 0.3 is 0 Å². The maximum Gasteiger partial charge on any atom is 0.222 e. The van der Waals surface area contributed by atoms with Gasteiger partial charge in [0, 0.05) is 19.5 Å². The van der Waals surface area contributed by atoms with Crippen LogP contribution in [0.1, 0.15) is 32.4 Å². The molecular formula is C12H21N3OS2. The lowest BCUT2D eigenvalue weighted by atomic mass is 10.3. The van der Waals surface area contributed by atoms with Gasteiger partial charge in [-0.25, -0.2) is 4.98 Å². The summed E-state index contributed by atoms with van der Waals surface area (Å²) in [6.07, 6.45) is 1.53. The molecular weight excluding hydrogens is 266 g/mol. The number of nitrogens with two attached hydrogens (primary N) is 1. The maximum absolute atomic E-state index is 11.8. The third-order valence-electron chi connectivity index (χ3n) is 2.65. The van der Waals surface area contributed by atoms with Crippen molar-refractivity contribution in [1.29, 1.82) is 0 Å². The van der Waals surface area contributed by atoms with E-state index in [-0.39, 0.29) is 5.91 Å². The van der Waals surface area contributed by atoms with E-state index < -0.39 is 0 Å². The molecule has 1 aromatic heterocycles. The zero-order valence-corrected chi connectivity index (χ0v) is 12.9. The van der Waals surface area contributed by atoms with Crippen molar-refractivity contribution in [2.75, 3.05) is 24.6 Å². The second kappa shape index (κ2) is 7.63. The lowest BCUT2D eigenvalue weighted by Crippen LogP contribution is -2.30. The Morgan fingerprint density at radius 3 is 2.61 bits per heavy atom. The number of carbonyl (C=O) groups is 1. The van der Waals surface area contributed by atoms with E-state index >= 15 is 0 Å². The molecule has 4 nitrogen and oxygen atoms in total. The number of aryl methyl sites for hydroxylation is 1.